The Morgan fingerprint density at radius 2 is 1.93 bits per heavy atom. The quantitative estimate of drug-likeness (QED) is 0.776. The van der Waals surface area contributed by atoms with Crippen LogP contribution in [-0.4, -0.2) is 40.1 Å². The lowest BCUT2D eigenvalue weighted by Gasteiger charge is -2.30. The highest BCUT2D eigenvalue weighted by Crippen LogP contribution is 2.29. The zero-order valence-electron chi connectivity index (χ0n) is 15.7. The third-order valence-corrected chi connectivity index (χ3v) is 6.21. The maximum Gasteiger partial charge on any atom is 0.241 e. The van der Waals surface area contributed by atoms with E-state index in [1.165, 1.54) is 12.8 Å². The summed E-state index contributed by atoms with van der Waals surface area (Å²) in [5, 5.41) is 8.32. The third-order valence-electron chi connectivity index (χ3n) is 5.66. The molecule has 2 heterocycles. The van der Waals surface area contributed by atoms with Gasteiger partial charge in [-0.25, -0.2) is 0 Å². The van der Waals surface area contributed by atoms with Crippen molar-refractivity contribution in [2.24, 2.45) is 5.92 Å². The van der Waals surface area contributed by atoms with Crippen molar-refractivity contribution in [3.63, 3.8) is 0 Å². The first-order chi connectivity index (χ1) is 13.6. The van der Waals surface area contributed by atoms with Gasteiger partial charge in [-0.15, -0.1) is 0 Å². The Balaban J connectivity index is 1.29. The molecule has 1 saturated carbocycles. The number of aromatic nitrogens is 2. The predicted molar refractivity (Wildman–Crippen MR) is 108 cm³/mol. The summed E-state index contributed by atoms with van der Waals surface area (Å²) in [5.74, 6) is 1.35. The van der Waals surface area contributed by atoms with Gasteiger partial charge >= 0.3 is 0 Å². The lowest BCUT2D eigenvalue weighted by Crippen LogP contribution is -2.43. The van der Waals surface area contributed by atoms with Crippen molar-refractivity contribution >= 4 is 29.1 Å². The molecule has 150 valence electrons. The normalized spacial score (nSPS) is 19.2. The van der Waals surface area contributed by atoms with E-state index in [4.69, 9.17) is 27.7 Å². The zero-order chi connectivity index (χ0) is 19.5. The molecule has 0 radical (unpaired) electrons. The topological polar surface area (TPSA) is 71.3 Å². The second-order valence-corrected chi connectivity index (χ2v) is 8.52. The molecule has 1 aliphatic heterocycles. The molecule has 2 aromatic rings. The first-order valence-electron chi connectivity index (χ1n) is 9.89. The van der Waals surface area contributed by atoms with Gasteiger partial charge in [0.1, 0.15) is 0 Å². The van der Waals surface area contributed by atoms with Gasteiger partial charge in [0.25, 0.3) is 0 Å². The Hall–Kier alpha value is -1.63. The summed E-state index contributed by atoms with van der Waals surface area (Å²) >= 11 is 12.2. The average molecular weight is 423 g/mol. The maximum atomic E-state index is 12.4. The number of benzene rings is 1. The number of hydrogen-bond donors (Lipinski definition) is 1. The molecule has 0 spiro atoms. The molecule has 1 N–H and O–H groups in total. The molecule has 1 saturated heterocycles. The number of halogens is 2. The van der Waals surface area contributed by atoms with Crippen LogP contribution in [0, 0.1) is 5.92 Å². The van der Waals surface area contributed by atoms with Gasteiger partial charge in [0.05, 0.1) is 11.6 Å². The van der Waals surface area contributed by atoms with Gasteiger partial charge in [0.2, 0.25) is 17.6 Å². The van der Waals surface area contributed by atoms with Crippen LogP contribution < -0.4 is 5.32 Å². The van der Waals surface area contributed by atoms with Crippen LogP contribution in [0.25, 0.3) is 11.4 Å². The molecule has 6 nitrogen and oxygen atoms in total. The Labute approximate surface area is 174 Å². The largest absolute Gasteiger partial charge is 0.353 e. The second kappa shape index (κ2) is 8.80. The number of piperidine rings is 1. The molecular weight excluding hydrogens is 399 g/mol. The van der Waals surface area contributed by atoms with Crippen LogP contribution in [-0.2, 0) is 11.3 Å². The average Bonchev–Trinajstić information content (AvgIpc) is 3.34. The van der Waals surface area contributed by atoms with E-state index in [1.54, 1.807) is 18.2 Å². The van der Waals surface area contributed by atoms with Crippen LogP contribution in [0.2, 0.25) is 10.0 Å². The molecule has 1 amide bonds. The first-order valence-corrected chi connectivity index (χ1v) is 10.6. The number of hydrogen-bond acceptors (Lipinski definition) is 5. The van der Waals surface area contributed by atoms with Crippen molar-refractivity contribution < 1.29 is 9.32 Å². The van der Waals surface area contributed by atoms with Gasteiger partial charge < -0.3 is 9.84 Å². The highest BCUT2D eigenvalue weighted by molar-refractivity contribution is 6.36. The molecule has 2 fully saturated rings. The van der Waals surface area contributed by atoms with Gasteiger partial charge in [-0.1, -0.05) is 41.2 Å². The van der Waals surface area contributed by atoms with E-state index in [0.29, 0.717) is 39.9 Å². The van der Waals surface area contributed by atoms with E-state index in [0.717, 1.165) is 38.8 Å². The summed E-state index contributed by atoms with van der Waals surface area (Å²) < 4.78 is 5.40. The fourth-order valence-electron chi connectivity index (χ4n) is 4.03. The molecule has 2 aliphatic rings. The van der Waals surface area contributed by atoms with Crippen molar-refractivity contribution in [1.82, 2.24) is 20.4 Å². The van der Waals surface area contributed by atoms with Crippen molar-refractivity contribution in [1.29, 1.82) is 0 Å². The summed E-state index contributed by atoms with van der Waals surface area (Å²) in [4.78, 5) is 19.2. The molecule has 1 aromatic carbocycles. The van der Waals surface area contributed by atoms with Gasteiger partial charge in [0, 0.05) is 22.5 Å². The van der Waals surface area contributed by atoms with E-state index >= 15 is 0 Å². The minimum absolute atomic E-state index is 0.114. The fourth-order valence-corrected chi connectivity index (χ4v) is 4.53. The Morgan fingerprint density at radius 1 is 1.18 bits per heavy atom. The molecular formula is C20H24Cl2N4O2. The lowest BCUT2D eigenvalue weighted by atomic mass is 9.95. The van der Waals surface area contributed by atoms with Crippen LogP contribution in [0.5, 0.6) is 0 Å². The van der Waals surface area contributed by atoms with E-state index < -0.39 is 0 Å². The van der Waals surface area contributed by atoms with Crippen LogP contribution >= 0.6 is 23.2 Å². The minimum Gasteiger partial charge on any atom is -0.353 e. The van der Waals surface area contributed by atoms with Gasteiger partial charge in [0.15, 0.2) is 0 Å². The maximum absolute atomic E-state index is 12.4. The van der Waals surface area contributed by atoms with Crippen LogP contribution in [0.15, 0.2) is 22.7 Å². The number of likely N-dealkylation sites (tertiary alicyclic amines) is 1. The molecule has 0 atom stereocenters. The Bertz CT molecular complexity index is 827. The first kappa shape index (κ1) is 19.7. The van der Waals surface area contributed by atoms with Crippen molar-refractivity contribution in [2.45, 2.75) is 51.1 Å². The van der Waals surface area contributed by atoms with Crippen LogP contribution in [0.1, 0.15) is 44.4 Å². The highest BCUT2D eigenvalue weighted by atomic mass is 35.5. The fraction of sp³-hybridized carbons (Fsp3) is 0.550. The van der Waals surface area contributed by atoms with E-state index in [9.17, 15) is 4.79 Å². The third kappa shape index (κ3) is 4.67. The number of nitrogens with zero attached hydrogens (tertiary/aromatic N) is 3. The number of amides is 1. The second-order valence-electron chi connectivity index (χ2n) is 7.68. The Kier molecular flexibility index (Phi) is 6.19. The summed E-state index contributed by atoms with van der Waals surface area (Å²) in [5.41, 5.74) is 0.698. The zero-order valence-corrected chi connectivity index (χ0v) is 17.2. The Morgan fingerprint density at radius 3 is 2.64 bits per heavy atom. The smallest absolute Gasteiger partial charge is 0.241 e. The van der Waals surface area contributed by atoms with Gasteiger partial charge in [-0.2, -0.15) is 4.98 Å². The molecule has 0 bridgehead atoms. The summed E-state index contributed by atoms with van der Waals surface area (Å²) in [7, 11) is 0. The summed E-state index contributed by atoms with van der Waals surface area (Å²) in [6.07, 6.45) is 6.45. The highest BCUT2D eigenvalue weighted by Gasteiger charge is 2.28. The number of carbonyl (C=O) groups is 1. The van der Waals surface area contributed by atoms with Crippen molar-refractivity contribution in [2.75, 3.05) is 13.1 Å². The predicted octanol–water partition coefficient (Wildman–Crippen LogP) is 4.31. The SMILES string of the molecule is O=C(NC1CCCC1)C1CCN(Cc2nc(-c3ccc(Cl)cc3Cl)no2)CC1. The number of nitrogens with one attached hydrogen (secondary N) is 1. The van der Waals surface area contributed by atoms with E-state index in [1.807, 2.05) is 0 Å². The standard InChI is InChI=1S/C20H24Cl2N4O2/c21-14-5-6-16(17(22)11-14)19-24-18(28-25-19)12-26-9-7-13(8-10-26)20(27)23-15-3-1-2-4-15/h5-6,11,13,15H,1-4,7-10,12H2,(H,23,27). The number of rotatable bonds is 5. The van der Waals surface area contributed by atoms with E-state index in [-0.39, 0.29) is 11.8 Å². The van der Waals surface area contributed by atoms with Gasteiger partial charge in [-0.05, 0) is 57.0 Å². The monoisotopic (exact) mass is 422 g/mol. The minimum atomic E-state index is 0.114. The summed E-state index contributed by atoms with van der Waals surface area (Å²) in [6.45, 7) is 2.28. The van der Waals surface area contributed by atoms with Crippen LogP contribution in [0.4, 0.5) is 0 Å². The summed E-state index contributed by atoms with van der Waals surface area (Å²) in [6, 6.07) is 5.59. The number of carbonyl (C=O) groups excluding carboxylic acids is 1. The van der Waals surface area contributed by atoms with Crippen molar-refractivity contribution in [3.05, 3.63) is 34.1 Å². The van der Waals surface area contributed by atoms with Crippen molar-refractivity contribution in [3.8, 4) is 11.4 Å². The van der Waals surface area contributed by atoms with E-state index in [2.05, 4.69) is 20.4 Å². The van der Waals surface area contributed by atoms with Crippen LogP contribution in [0.3, 0.4) is 0 Å². The molecule has 4 rings (SSSR count). The molecule has 0 unspecified atom stereocenters. The molecule has 28 heavy (non-hydrogen) atoms. The van der Waals surface area contributed by atoms with Gasteiger partial charge in [-0.3, -0.25) is 9.69 Å². The molecule has 8 heteroatoms. The molecule has 1 aromatic heterocycles. The lowest BCUT2D eigenvalue weighted by molar-refractivity contribution is -0.127. The molecule has 1 aliphatic carbocycles.